The first-order valence-corrected chi connectivity index (χ1v) is 9.89. The van der Waals surface area contributed by atoms with Crippen molar-refractivity contribution in [1.29, 1.82) is 0 Å². The molecular weight excluding hydrogens is 346 g/mol. The second kappa shape index (κ2) is 7.78. The van der Waals surface area contributed by atoms with E-state index in [0.717, 1.165) is 17.8 Å². The molecule has 0 N–H and O–H groups in total. The number of para-hydroxylation sites is 2. The summed E-state index contributed by atoms with van der Waals surface area (Å²) < 4.78 is 6.29. The third-order valence-electron chi connectivity index (χ3n) is 4.81. The SMILES string of the molecule is CC(C)(C)CC(c1nnc(N(c2ccccc2)c2ccccc2)o1)C(C)(C)C. The predicted octanol–water partition coefficient (Wildman–Crippen LogP) is 7.11. The van der Waals surface area contributed by atoms with Crippen LogP contribution in [0.5, 0.6) is 0 Å². The summed E-state index contributed by atoms with van der Waals surface area (Å²) in [5.41, 5.74) is 2.19. The molecule has 0 amide bonds. The summed E-state index contributed by atoms with van der Waals surface area (Å²) in [6.45, 7) is 13.5. The van der Waals surface area contributed by atoms with Crippen molar-refractivity contribution in [2.45, 2.75) is 53.9 Å². The van der Waals surface area contributed by atoms with Crippen molar-refractivity contribution >= 4 is 17.4 Å². The number of hydrogen-bond acceptors (Lipinski definition) is 4. The summed E-state index contributed by atoms with van der Waals surface area (Å²) in [6.07, 6.45) is 0.981. The van der Waals surface area contributed by atoms with Gasteiger partial charge in [0.2, 0.25) is 5.89 Å². The minimum absolute atomic E-state index is 0.0292. The van der Waals surface area contributed by atoms with Crippen molar-refractivity contribution in [1.82, 2.24) is 10.2 Å². The van der Waals surface area contributed by atoms with Gasteiger partial charge in [0, 0.05) is 5.92 Å². The van der Waals surface area contributed by atoms with Crippen LogP contribution in [0.1, 0.15) is 59.8 Å². The number of nitrogens with zero attached hydrogens (tertiary/aromatic N) is 3. The van der Waals surface area contributed by atoms with E-state index in [9.17, 15) is 0 Å². The van der Waals surface area contributed by atoms with Crippen LogP contribution in [0.4, 0.5) is 17.4 Å². The molecule has 3 rings (SSSR count). The highest BCUT2D eigenvalue weighted by Gasteiger charge is 2.35. The fourth-order valence-corrected chi connectivity index (χ4v) is 3.36. The van der Waals surface area contributed by atoms with Crippen LogP contribution >= 0.6 is 0 Å². The monoisotopic (exact) mass is 377 g/mol. The number of aromatic nitrogens is 2. The highest BCUT2D eigenvalue weighted by molar-refractivity contribution is 5.71. The summed E-state index contributed by atoms with van der Waals surface area (Å²) in [5.74, 6) is 0.886. The number of benzene rings is 2. The molecule has 1 unspecified atom stereocenters. The molecule has 148 valence electrons. The van der Waals surface area contributed by atoms with Crippen LogP contribution in [0.15, 0.2) is 65.1 Å². The quantitative estimate of drug-likeness (QED) is 0.475. The van der Waals surface area contributed by atoms with Gasteiger partial charge in [-0.1, -0.05) is 83.0 Å². The smallest absolute Gasteiger partial charge is 0.327 e. The van der Waals surface area contributed by atoms with Crippen molar-refractivity contribution in [2.75, 3.05) is 4.90 Å². The Morgan fingerprint density at radius 2 is 1.29 bits per heavy atom. The Morgan fingerprint density at radius 1 is 0.786 bits per heavy atom. The molecule has 2 aromatic carbocycles. The van der Waals surface area contributed by atoms with Crippen LogP contribution in [-0.2, 0) is 0 Å². The van der Waals surface area contributed by atoms with Gasteiger partial charge in [-0.2, -0.15) is 0 Å². The van der Waals surface area contributed by atoms with Crippen LogP contribution in [0.3, 0.4) is 0 Å². The largest absolute Gasteiger partial charge is 0.407 e. The molecule has 1 heterocycles. The minimum atomic E-state index is 0.0292. The summed E-state index contributed by atoms with van der Waals surface area (Å²) >= 11 is 0. The molecule has 0 aliphatic rings. The van der Waals surface area contributed by atoms with Gasteiger partial charge >= 0.3 is 6.01 Å². The van der Waals surface area contributed by atoms with Crippen molar-refractivity contribution in [3.63, 3.8) is 0 Å². The maximum atomic E-state index is 6.29. The summed E-state index contributed by atoms with van der Waals surface area (Å²) in [7, 11) is 0. The first-order chi connectivity index (χ1) is 13.1. The third-order valence-corrected chi connectivity index (χ3v) is 4.81. The zero-order chi connectivity index (χ0) is 20.4. The van der Waals surface area contributed by atoms with Crippen LogP contribution in [0, 0.1) is 10.8 Å². The Balaban J connectivity index is 2.03. The van der Waals surface area contributed by atoms with Gasteiger partial charge in [0.15, 0.2) is 0 Å². The molecule has 0 aliphatic heterocycles. The second-order valence-corrected chi connectivity index (χ2v) is 9.61. The lowest BCUT2D eigenvalue weighted by Crippen LogP contribution is -2.24. The second-order valence-electron chi connectivity index (χ2n) is 9.61. The maximum absolute atomic E-state index is 6.29. The molecule has 4 nitrogen and oxygen atoms in total. The summed E-state index contributed by atoms with van der Waals surface area (Å²) in [4.78, 5) is 2.01. The Morgan fingerprint density at radius 3 is 1.71 bits per heavy atom. The van der Waals surface area contributed by atoms with Gasteiger partial charge in [-0.3, -0.25) is 4.90 Å². The fourth-order valence-electron chi connectivity index (χ4n) is 3.36. The van der Waals surface area contributed by atoms with E-state index in [4.69, 9.17) is 4.42 Å². The third kappa shape index (κ3) is 4.80. The molecule has 0 fully saturated rings. The zero-order valence-electron chi connectivity index (χ0n) is 17.8. The van der Waals surface area contributed by atoms with Crippen molar-refractivity contribution in [2.24, 2.45) is 10.8 Å². The number of anilines is 3. The Labute approximate surface area is 168 Å². The molecule has 1 atom stereocenters. The molecule has 28 heavy (non-hydrogen) atoms. The van der Waals surface area contributed by atoms with Gasteiger partial charge in [-0.25, -0.2) is 0 Å². The Bertz CT molecular complexity index is 834. The van der Waals surface area contributed by atoms with Gasteiger partial charge in [0.25, 0.3) is 0 Å². The molecule has 0 bridgehead atoms. The fraction of sp³-hybridized carbons (Fsp3) is 0.417. The zero-order valence-corrected chi connectivity index (χ0v) is 17.8. The van der Waals surface area contributed by atoms with Crippen LogP contribution < -0.4 is 4.90 Å². The number of rotatable bonds is 5. The molecular formula is C24H31N3O. The average molecular weight is 378 g/mol. The van der Waals surface area contributed by atoms with Crippen LogP contribution in [-0.4, -0.2) is 10.2 Å². The summed E-state index contributed by atoms with van der Waals surface area (Å²) in [6, 6.07) is 20.8. The van der Waals surface area contributed by atoms with Gasteiger partial charge in [0.1, 0.15) is 0 Å². The Kier molecular flexibility index (Phi) is 5.59. The van der Waals surface area contributed by atoms with E-state index in [0.29, 0.717) is 11.9 Å². The van der Waals surface area contributed by atoms with Gasteiger partial charge in [0.05, 0.1) is 11.4 Å². The molecule has 1 aromatic heterocycles. The van der Waals surface area contributed by atoms with Gasteiger partial charge in [-0.05, 0) is 41.5 Å². The van der Waals surface area contributed by atoms with E-state index in [1.807, 2.05) is 65.6 Å². The summed E-state index contributed by atoms with van der Waals surface area (Å²) in [5, 5.41) is 8.92. The van der Waals surface area contributed by atoms with Crippen LogP contribution in [0.25, 0.3) is 0 Å². The topological polar surface area (TPSA) is 42.2 Å². The van der Waals surface area contributed by atoms with Crippen molar-refractivity contribution < 1.29 is 4.42 Å². The lowest BCUT2D eigenvalue weighted by atomic mass is 9.72. The molecule has 0 spiro atoms. The standard InChI is InChI=1S/C24H31N3O/c1-23(2,3)17-20(24(4,5)6)21-25-26-22(28-21)27(18-13-9-7-10-14-18)19-15-11-8-12-16-19/h7-16,20H,17H2,1-6H3. The molecule has 3 aromatic rings. The van der Waals surface area contributed by atoms with Gasteiger partial charge in [-0.15, -0.1) is 5.10 Å². The van der Waals surface area contributed by atoms with E-state index in [-0.39, 0.29) is 16.7 Å². The van der Waals surface area contributed by atoms with E-state index >= 15 is 0 Å². The van der Waals surface area contributed by atoms with Crippen molar-refractivity contribution in [3.05, 3.63) is 66.6 Å². The molecule has 0 aliphatic carbocycles. The highest BCUT2D eigenvalue weighted by Crippen LogP contribution is 2.44. The van der Waals surface area contributed by atoms with E-state index in [1.165, 1.54) is 0 Å². The minimum Gasteiger partial charge on any atom is -0.407 e. The lowest BCUT2D eigenvalue weighted by molar-refractivity contribution is 0.200. The first-order valence-electron chi connectivity index (χ1n) is 9.89. The molecule has 0 saturated carbocycles. The van der Waals surface area contributed by atoms with E-state index < -0.39 is 0 Å². The van der Waals surface area contributed by atoms with E-state index in [2.05, 4.69) is 51.7 Å². The Hall–Kier alpha value is -2.62. The lowest BCUT2D eigenvalue weighted by Gasteiger charge is -2.33. The van der Waals surface area contributed by atoms with Crippen LogP contribution in [0.2, 0.25) is 0 Å². The molecule has 0 saturated heterocycles. The van der Waals surface area contributed by atoms with Crippen molar-refractivity contribution in [3.8, 4) is 0 Å². The number of hydrogen-bond donors (Lipinski definition) is 0. The maximum Gasteiger partial charge on any atom is 0.327 e. The molecule has 4 heteroatoms. The predicted molar refractivity (Wildman–Crippen MR) is 115 cm³/mol. The highest BCUT2D eigenvalue weighted by atomic mass is 16.4. The molecule has 0 radical (unpaired) electrons. The first kappa shape index (κ1) is 20.1. The average Bonchev–Trinajstić information content (AvgIpc) is 3.09. The normalized spacial score (nSPS) is 13.4. The van der Waals surface area contributed by atoms with E-state index in [1.54, 1.807) is 0 Å². The van der Waals surface area contributed by atoms with Gasteiger partial charge < -0.3 is 4.42 Å².